The lowest BCUT2D eigenvalue weighted by Gasteiger charge is -2.06. The van der Waals surface area contributed by atoms with Gasteiger partial charge in [-0.15, -0.1) is 0 Å². The van der Waals surface area contributed by atoms with Crippen molar-refractivity contribution < 1.29 is 9.84 Å². The van der Waals surface area contributed by atoms with Crippen molar-refractivity contribution in [2.75, 3.05) is 12.8 Å². The number of anilines is 1. The monoisotopic (exact) mass is 173 g/mol. The predicted molar refractivity (Wildman–Crippen MR) is 44.1 cm³/mol. The van der Waals surface area contributed by atoms with Gasteiger partial charge >= 0.3 is 0 Å². The largest absolute Gasteiger partial charge is 0.506 e. The summed E-state index contributed by atoms with van der Waals surface area (Å²) in [5.74, 6) is 0.282. The highest BCUT2D eigenvalue weighted by Gasteiger charge is 2.08. The normalized spacial score (nSPS) is 9.64. The second-order valence-electron chi connectivity index (χ2n) is 2.02. The van der Waals surface area contributed by atoms with Crippen LogP contribution >= 0.6 is 11.6 Å². The van der Waals surface area contributed by atoms with Crippen LogP contribution in [-0.2, 0) is 0 Å². The van der Waals surface area contributed by atoms with Gasteiger partial charge in [0.05, 0.1) is 12.8 Å². The van der Waals surface area contributed by atoms with E-state index < -0.39 is 0 Å². The van der Waals surface area contributed by atoms with Crippen molar-refractivity contribution in [1.82, 2.24) is 0 Å². The second kappa shape index (κ2) is 2.88. The topological polar surface area (TPSA) is 55.5 Å². The lowest BCUT2D eigenvalue weighted by molar-refractivity contribution is 0.410. The second-order valence-corrected chi connectivity index (χ2v) is 2.40. The van der Waals surface area contributed by atoms with Crippen molar-refractivity contribution in [3.05, 3.63) is 17.2 Å². The van der Waals surface area contributed by atoms with Gasteiger partial charge in [0.1, 0.15) is 10.8 Å². The third-order valence-electron chi connectivity index (χ3n) is 1.31. The molecule has 0 radical (unpaired) electrons. The quantitative estimate of drug-likeness (QED) is 0.502. The lowest BCUT2D eigenvalue weighted by atomic mass is 10.3. The molecular formula is C7H8ClNO2. The van der Waals surface area contributed by atoms with E-state index in [1.54, 1.807) is 0 Å². The molecule has 0 bridgehead atoms. The predicted octanol–water partition coefficient (Wildman–Crippen LogP) is 1.64. The minimum Gasteiger partial charge on any atom is -0.506 e. The van der Waals surface area contributed by atoms with Crippen LogP contribution in [0.15, 0.2) is 12.1 Å². The van der Waals surface area contributed by atoms with Crippen molar-refractivity contribution in [2.45, 2.75) is 0 Å². The number of hydrogen-bond acceptors (Lipinski definition) is 3. The molecule has 60 valence electrons. The Bertz CT molecular complexity index is 275. The highest BCUT2D eigenvalue weighted by Crippen LogP contribution is 2.37. The lowest BCUT2D eigenvalue weighted by Crippen LogP contribution is -1.92. The molecule has 0 spiro atoms. The summed E-state index contributed by atoms with van der Waals surface area (Å²) in [6.07, 6.45) is 0. The summed E-state index contributed by atoms with van der Waals surface area (Å²) in [5, 5.41) is 9.23. The van der Waals surface area contributed by atoms with Gasteiger partial charge in [-0.05, 0) is 12.1 Å². The van der Waals surface area contributed by atoms with Crippen LogP contribution in [0.1, 0.15) is 0 Å². The highest BCUT2D eigenvalue weighted by atomic mass is 35.5. The Morgan fingerprint density at radius 1 is 1.55 bits per heavy atom. The van der Waals surface area contributed by atoms with E-state index in [1.807, 2.05) is 0 Å². The Labute approximate surface area is 69.3 Å². The van der Waals surface area contributed by atoms with Gasteiger partial charge in [-0.3, -0.25) is 0 Å². The number of phenols is 1. The number of hydrogen-bond donors (Lipinski definition) is 2. The Hall–Kier alpha value is -1.09. The van der Waals surface area contributed by atoms with Crippen LogP contribution in [0.4, 0.5) is 5.69 Å². The Balaban J connectivity index is 3.29. The van der Waals surface area contributed by atoms with E-state index in [4.69, 9.17) is 27.2 Å². The first kappa shape index (κ1) is 8.01. The maximum absolute atomic E-state index is 9.09. The van der Waals surface area contributed by atoms with Gasteiger partial charge in [-0.1, -0.05) is 11.6 Å². The summed E-state index contributed by atoms with van der Waals surface area (Å²) in [7, 11) is 1.44. The number of ether oxygens (including phenoxy) is 1. The third-order valence-corrected chi connectivity index (χ3v) is 1.68. The zero-order chi connectivity index (χ0) is 8.43. The molecule has 11 heavy (non-hydrogen) atoms. The van der Waals surface area contributed by atoms with E-state index in [-0.39, 0.29) is 10.8 Å². The molecule has 3 N–H and O–H groups in total. The molecule has 0 aliphatic carbocycles. The molecule has 0 aromatic heterocycles. The molecule has 0 fully saturated rings. The van der Waals surface area contributed by atoms with Crippen molar-refractivity contribution >= 4 is 17.3 Å². The van der Waals surface area contributed by atoms with Gasteiger partial charge in [0.15, 0.2) is 5.75 Å². The number of benzene rings is 1. The smallest absolute Gasteiger partial charge is 0.164 e. The van der Waals surface area contributed by atoms with E-state index >= 15 is 0 Å². The van der Waals surface area contributed by atoms with Crippen LogP contribution in [-0.4, -0.2) is 12.2 Å². The Kier molecular flexibility index (Phi) is 2.10. The van der Waals surface area contributed by atoms with E-state index in [9.17, 15) is 0 Å². The summed E-state index contributed by atoms with van der Waals surface area (Å²) in [6, 6.07) is 2.94. The maximum atomic E-state index is 9.09. The zero-order valence-electron chi connectivity index (χ0n) is 5.97. The molecule has 0 heterocycles. The van der Waals surface area contributed by atoms with Gasteiger partial charge in [0, 0.05) is 0 Å². The summed E-state index contributed by atoms with van der Waals surface area (Å²) < 4.78 is 4.84. The van der Waals surface area contributed by atoms with Crippen molar-refractivity contribution in [3.63, 3.8) is 0 Å². The van der Waals surface area contributed by atoms with E-state index in [2.05, 4.69) is 0 Å². The molecule has 0 atom stereocenters. The number of rotatable bonds is 1. The summed E-state index contributed by atoms with van der Waals surface area (Å²) in [5.41, 5.74) is 5.89. The molecule has 0 amide bonds. The van der Waals surface area contributed by atoms with E-state index in [0.29, 0.717) is 11.4 Å². The number of nitrogens with two attached hydrogens (primary N) is 1. The van der Waals surface area contributed by atoms with Gasteiger partial charge in [0.2, 0.25) is 0 Å². The first-order valence-corrected chi connectivity index (χ1v) is 3.35. The molecule has 0 saturated carbocycles. The molecule has 0 aliphatic heterocycles. The molecule has 0 unspecified atom stereocenters. The van der Waals surface area contributed by atoms with Crippen LogP contribution in [0.25, 0.3) is 0 Å². The van der Waals surface area contributed by atoms with Crippen molar-refractivity contribution in [1.29, 1.82) is 0 Å². The number of methoxy groups -OCH3 is 1. The van der Waals surface area contributed by atoms with Gasteiger partial charge in [0.25, 0.3) is 0 Å². The molecular weight excluding hydrogens is 166 g/mol. The molecule has 3 nitrogen and oxygen atoms in total. The van der Waals surface area contributed by atoms with E-state index in [0.717, 1.165) is 0 Å². The van der Waals surface area contributed by atoms with Crippen LogP contribution in [0.5, 0.6) is 11.5 Å². The summed E-state index contributed by atoms with van der Waals surface area (Å²) >= 11 is 5.64. The Morgan fingerprint density at radius 3 is 2.64 bits per heavy atom. The number of nitrogen functional groups attached to an aromatic ring is 1. The van der Waals surface area contributed by atoms with E-state index in [1.165, 1.54) is 19.2 Å². The Morgan fingerprint density at radius 2 is 2.18 bits per heavy atom. The molecule has 0 saturated heterocycles. The highest BCUT2D eigenvalue weighted by molar-refractivity contribution is 6.33. The molecule has 1 aromatic rings. The first-order chi connectivity index (χ1) is 5.16. The fourth-order valence-electron chi connectivity index (χ4n) is 0.768. The molecule has 4 heteroatoms. The number of aromatic hydroxyl groups is 1. The molecule has 0 aliphatic rings. The number of halogens is 1. The zero-order valence-corrected chi connectivity index (χ0v) is 6.72. The summed E-state index contributed by atoms with van der Waals surface area (Å²) in [6.45, 7) is 0. The summed E-state index contributed by atoms with van der Waals surface area (Å²) in [4.78, 5) is 0. The van der Waals surface area contributed by atoms with Gasteiger partial charge < -0.3 is 15.6 Å². The van der Waals surface area contributed by atoms with Crippen LogP contribution in [0, 0.1) is 0 Å². The minimum atomic E-state index is -0.0299. The van der Waals surface area contributed by atoms with Crippen LogP contribution in [0.2, 0.25) is 5.02 Å². The third kappa shape index (κ3) is 1.33. The average molecular weight is 174 g/mol. The van der Waals surface area contributed by atoms with Crippen molar-refractivity contribution in [2.24, 2.45) is 0 Å². The van der Waals surface area contributed by atoms with Gasteiger partial charge in [-0.2, -0.15) is 0 Å². The maximum Gasteiger partial charge on any atom is 0.164 e. The first-order valence-electron chi connectivity index (χ1n) is 2.97. The average Bonchev–Trinajstić information content (AvgIpc) is 1.99. The standard InChI is InChI=1S/C7H8ClNO2/c1-11-7-4(9)2-3-5(10)6(7)8/h2-3,10H,9H2,1H3. The van der Waals surface area contributed by atoms with Gasteiger partial charge in [-0.25, -0.2) is 0 Å². The SMILES string of the molecule is COc1c(N)ccc(O)c1Cl. The van der Waals surface area contributed by atoms with Crippen molar-refractivity contribution in [3.8, 4) is 11.5 Å². The minimum absolute atomic E-state index is 0.0299. The fraction of sp³-hybridized carbons (Fsp3) is 0.143. The molecule has 1 rings (SSSR count). The fourth-order valence-corrected chi connectivity index (χ4v) is 1.02. The number of phenolic OH excluding ortho intramolecular Hbond substituents is 1. The van der Waals surface area contributed by atoms with Crippen LogP contribution < -0.4 is 10.5 Å². The van der Waals surface area contributed by atoms with Crippen LogP contribution in [0.3, 0.4) is 0 Å². The molecule has 1 aromatic carbocycles.